The van der Waals surface area contributed by atoms with Crippen LogP contribution < -0.4 is 0 Å². The standard InChI is InChI=1S/C15H21NO3S/c1-11(2)16-7-8-19-12(9-16)10-20-14-6-4-3-5-13(14)15(17)18/h3-6,11-12H,7-10H2,1-2H3,(H,17,18). The van der Waals surface area contributed by atoms with Crippen LogP contribution >= 0.6 is 11.8 Å². The summed E-state index contributed by atoms with van der Waals surface area (Å²) in [6, 6.07) is 7.66. The van der Waals surface area contributed by atoms with E-state index in [2.05, 4.69) is 18.7 Å². The fourth-order valence-corrected chi connectivity index (χ4v) is 3.32. The van der Waals surface area contributed by atoms with Crippen molar-refractivity contribution in [3.63, 3.8) is 0 Å². The monoisotopic (exact) mass is 295 g/mol. The Morgan fingerprint density at radius 2 is 2.25 bits per heavy atom. The van der Waals surface area contributed by atoms with Crippen LogP contribution in [0.3, 0.4) is 0 Å². The Morgan fingerprint density at radius 3 is 2.95 bits per heavy atom. The molecule has 110 valence electrons. The second kappa shape index (κ2) is 7.11. The number of carboxylic acids is 1. The van der Waals surface area contributed by atoms with E-state index in [1.807, 2.05) is 12.1 Å². The summed E-state index contributed by atoms with van der Waals surface area (Å²) in [5, 5.41) is 9.16. The van der Waals surface area contributed by atoms with Gasteiger partial charge in [-0.05, 0) is 26.0 Å². The largest absolute Gasteiger partial charge is 0.478 e. The lowest BCUT2D eigenvalue weighted by Crippen LogP contribution is -2.46. The molecule has 4 nitrogen and oxygen atoms in total. The molecular formula is C15H21NO3S. The molecule has 0 radical (unpaired) electrons. The van der Waals surface area contributed by atoms with Crippen LogP contribution in [0.5, 0.6) is 0 Å². The van der Waals surface area contributed by atoms with Gasteiger partial charge in [0.05, 0.1) is 18.3 Å². The van der Waals surface area contributed by atoms with Crippen molar-refractivity contribution in [2.45, 2.75) is 30.9 Å². The van der Waals surface area contributed by atoms with Gasteiger partial charge in [-0.15, -0.1) is 11.8 Å². The van der Waals surface area contributed by atoms with Gasteiger partial charge in [-0.25, -0.2) is 4.79 Å². The number of aromatic carboxylic acids is 1. The molecule has 1 aliphatic heterocycles. The summed E-state index contributed by atoms with van der Waals surface area (Å²) in [7, 11) is 0. The number of benzene rings is 1. The van der Waals surface area contributed by atoms with Gasteiger partial charge in [-0.3, -0.25) is 4.90 Å². The van der Waals surface area contributed by atoms with E-state index in [1.165, 1.54) is 0 Å². The number of morpholine rings is 1. The Kier molecular flexibility index (Phi) is 5.46. The molecule has 0 aliphatic carbocycles. The molecule has 1 unspecified atom stereocenters. The van der Waals surface area contributed by atoms with Gasteiger partial charge in [-0.2, -0.15) is 0 Å². The number of rotatable bonds is 5. The van der Waals surface area contributed by atoms with Crippen molar-refractivity contribution in [3.8, 4) is 0 Å². The molecule has 1 N–H and O–H groups in total. The summed E-state index contributed by atoms with van der Waals surface area (Å²) < 4.78 is 5.77. The first-order chi connectivity index (χ1) is 9.58. The van der Waals surface area contributed by atoms with E-state index in [0.29, 0.717) is 11.6 Å². The Hall–Kier alpha value is -1.04. The minimum Gasteiger partial charge on any atom is -0.478 e. The highest BCUT2D eigenvalue weighted by Gasteiger charge is 2.22. The van der Waals surface area contributed by atoms with E-state index in [0.717, 1.165) is 30.3 Å². The number of thioether (sulfide) groups is 1. The molecule has 1 aromatic carbocycles. The topological polar surface area (TPSA) is 49.8 Å². The average Bonchev–Trinajstić information content (AvgIpc) is 2.45. The summed E-state index contributed by atoms with van der Waals surface area (Å²) in [5.74, 6) is -0.0884. The number of carboxylic acid groups (broad SMARTS) is 1. The number of nitrogens with zero attached hydrogens (tertiary/aromatic N) is 1. The highest BCUT2D eigenvalue weighted by Crippen LogP contribution is 2.25. The molecule has 2 rings (SSSR count). The molecule has 0 spiro atoms. The van der Waals surface area contributed by atoms with E-state index in [-0.39, 0.29) is 6.10 Å². The third-order valence-electron chi connectivity index (χ3n) is 3.44. The molecule has 1 heterocycles. The molecule has 1 saturated heterocycles. The first-order valence-corrected chi connectivity index (χ1v) is 7.87. The van der Waals surface area contributed by atoms with E-state index >= 15 is 0 Å². The fraction of sp³-hybridized carbons (Fsp3) is 0.533. The second-order valence-electron chi connectivity index (χ2n) is 5.19. The molecule has 0 bridgehead atoms. The Labute approximate surface area is 124 Å². The highest BCUT2D eigenvalue weighted by molar-refractivity contribution is 7.99. The molecule has 20 heavy (non-hydrogen) atoms. The maximum atomic E-state index is 11.2. The minimum absolute atomic E-state index is 0.165. The number of hydrogen-bond donors (Lipinski definition) is 1. The predicted octanol–water partition coefficient (Wildman–Crippen LogP) is 2.59. The van der Waals surface area contributed by atoms with Gasteiger partial charge in [0.15, 0.2) is 0 Å². The summed E-state index contributed by atoms with van der Waals surface area (Å²) >= 11 is 1.56. The number of ether oxygens (including phenoxy) is 1. The van der Waals surface area contributed by atoms with Gasteiger partial charge in [0.1, 0.15) is 0 Å². The van der Waals surface area contributed by atoms with Crippen LogP contribution in [0, 0.1) is 0 Å². The molecule has 1 fully saturated rings. The highest BCUT2D eigenvalue weighted by atomic mass is 32.2. The lowest BCUT2D eigenvalue weighted by atomic mass is 10.2. The van der Waals surface area contributed by atoms with Crippen LogP contribution in [0.15, 0.2) is 29.2 Å². The Bertz CT molecular complexity index is 464. The smallest absolute Gasteiger partial charge is 0.336 e. The van der Waals surface area contributed by atoms with Crippen molar-refractivity contribution in [2.24, 2.45) is 0 Å². The van der Waals surface area contributed by atoms with Crippen LogP contribution in [0.2, 0.25) is 0 Å². The zero-order chi connectivity index (χ0) is 14.5. The van der Waals surface area contributed by atoms with Crippen molar-refractivity contribution < 1.29 is 14.6 Å². The molecule has 5 heteroatoms. The summed E-state index contributed by atoms with van der Waals surface area (Å²) in [4.78, 5) is 14.4. The normalized spacial score (nSPS) is 20.2. The fourth-order valence-electron chi connectivity index (χ4n) is 2.26. The molecule has 1 aromatic rings. The average molecular weight is 295 g/mol. The maximum Gasteiger partial charge on any atom is 0.336 e. The zero-order valence-corrected chi connectivity index (χ0v) is 12.7. The lowest BCUT2D eigenvalue weighted by molar-refractivity contribution is -0.0265. The minimum atomic E-state index is -0.874. The second-order valence-corrected chi connectivity index (χ2v) is 6.26. The predicted molar refractivity (Wildman–Crippen MR) is 80.6 cm³/mol. The van der Waals surface area contributed by atoms with Crippen LogP contribution in [0.4, 0.5) is 0 Å². The van der Waals surface area contributed by atoms with Gasteiger partial charge < -0.3 is 9.84 Å². The first-order valence-electron chi connectivity index (χ1n) is 6.88. The molecule has 0 aromatic heterocycles. The molecular weight excluding hydrogens is 274 g/mol. The SMILES string of the molecule is CC(C)N1CCOC(CSc2ccccc2C(=O)O)C1. The van der Waals surface area contributed by atoms with Gasteiger partial charge in [0, 0.05) is 29.8 Å². The van der Waals surface area contributed by atoms with Crippen LogP contribution in [-0.2, 0) is 4.74 Å². The van der Waals surface area contributed by atoms with Crippen molar-refractivity contribution in [1.29, 1.82) is 0 Å². The zero-order valence-electron chi connectivity index (χ0n) is 11.9. The first kappa shape index (κ1) is 15.4. The van der Waals surface area contributed by atoms with Crippen LogP contribution in [0.25, 0.3) is 0 Å². The van der Waals surface area contributed by atoms with Crippen molar-refractivity contribution in [1.82, 2.24) is 4.90 Å². The van der Waals surface area contributed by atoms with Gasteiger partial charge in [0.25, 0.3) is 0 Å². The molecule has 1 aliphatic rings. The lowest BCUT2D eigenvalue weighted by Gasteiger charge is -2.35. The van der Waals surface area contributed by atoms with E-state index in [1.54, 1.807) is 23.9 Å². The van der Waals surface area contributed by atoms with Crippen LogP contribution in [-0.4, -0.2) is 53.6 Å². The van der Waals surface area contributed by atoms with Gasteiger partial charge in [0.2, 0.25) is 0 Å². The number of carbonyl (C=O) groups is 1. The maximum absolute atomic E-state index is 11.2. The molecule has 0 saturated carbocycles. The summed E-state index contributed by atoms with van der Waals surface area (Å²) in [6.07, 6.45) is 0.165. The van der Waals surface area contributed by atoms with E-state index in [4.69, 9.17) is 9.84 Å². The van der Waals surface area contributed by atoms with E-state index < -0.39 is 5.97 Å². The van der Waals surface area contributed by atoms with E-state index in [9.17, 15) is 4.79 Å². The van der Waals surface area contributed by atoms with Crippen LogP contribution in [0.1, 0.15) is 24.2 Å². The number of hydrogen-bond acceptors (Lipinski definition) is 4. The molecule has 1 atom stereocenters. The third kappa shape index (κ3) is 3.98. The molecule has 0 amide bonds. The van der Waals surface area contributed by atoms with Crippen molar-refractivity contribution >= 4 is 17.7 Å². The Morgan fingerprint density at radius 1 is 1.50 bits per heavy atom. The van der Waals surface area contributed by atoms with Crippen molar-refractivity contribution in [2.75, 3.05) is 25.4 Å². The quantitative estimate of drug-likeness (QED) is 0.846. The van der Waals surface area contributed by atoms with Crippen molar-refractivity contribution in [3.05, 3.63) is 29.8 Å². The van der Waals surface area contributed by atoms with Gasteiger partial charge >= 0.3 is 5.97 Å². The van der Waals surface area contributed by atoms with Gasteiger partial charge in [-0.1, -0.05) is 12.1 Å². The Balaban J connectivity index is 1.94. The third-order valence-corrected chi connectivity index (χ3v) is 4.65. The summed E-state index contributed by atoms with van der Waals surface area (Å²) in [6.45, 7) is 7.03. The summed E-state index contributed by atoms with van der Waals surface area (Å²) in [5.41, 5.74) is 0.369.